The Kier molecular flexibility index (Phi) is 94.3. The van der Waals surface area contributed by atoms with Crippen LogP contribution in [-0.2, 0) is 4.79 Å². The van der Waals surface area contributed by atoms with Crippen LogP contribution in [0.2, 0.25) is 0 Å². The molecular formula is C105H225F14NO4. The van der Waals surface area contributed by atoms with Gasteiger partial charge in [-0.25, -0.2) is 22.0 Å². The molecule has 0 saturated heterocycles. The maximum atomic E-state index is 12.2. The number of hydrogen-bond acceptors (Lipinski definition) is 4. The second-order valence-electron chi connectivity index (χ2n) is 52.6. The summed E-state index contributed by atoms with van der Waals surface area (Å²) in [6, 6.07) is 0. The maximum Gasteiger partial charge on any atom is 0.389 e. The smallest absolute Gasteiger partial charge is 0.389 e. The summed E-state index contributed by atoms with van der Waals surface area (Å²) in [5.41, 5.74) is 2.42. The summed E-state index contributed by atoms with van der Waals surface area (Å²) < 4.78 is 163. The first kappa shape index (κ1) is 156. The summed E-state index contributed by atoms with van der Waals surface area (Å²) in [6.07, 6.45) is -1.95. The summed E-state index contributed by atoms with van der Waals surface area (Å²) in [5, 5.41) is 26.0. The summed E-state index contributed by atoms with van der Waals surface area (Å²) >= 11 is 0. The molecule has 772 valence electrons. The lowest BCUT2D eigenvalue weighted by Crippen LogP contribution is -2.22. The maximum absolute atomic E-state index is 12.2. The molecule has 5 atom stereocenters. The Bertz CT molecular complexity index is 2030. The highest BCUT2D eigenvalue weighted by Gasteiger charge is 2.34. The number of hydrogen-bond donors (Lipinski definition) is 3. The molecule has 0 aromatic rings. The zero-order valence-electron chi connectivity index (χ0n) is 93.4. The predicted octanol–water partition coefficient (Wildman–Crippen LogP) is 38.5. The largest absolute Gasteiger partial charge is 0.396 e. The van der Waals surface area contributed by atoms with Crippen LogP contribution in [0.4, 0.5) is 61.5 Å². The van der Waals surface area contributed by atoms with Crippen LogP contribution in [0.5, 0.6) is 0 Å². The zero-order chi connectivity index (χ0) is 105. The van der Waals surface area contributed by atoms with Gasteiger partial charge in [0.2, 0.25) is 18.8 Å². The molecule has 0 bridgehead atoms. The van der Waals surface area contributed by atoms with Crippen molar-refractivity contribution in [3.8, 4) is 0 Å². The minimum Gasteiger partial charge on any atom is -0.396 e. The monoisotopic (exact) mass is 1830 g/mol. The van der Waals surface area contributed by atoms with E-state index in [1.165, 1.54) is 25.7 Å². The molecule has 124 heavy (non-hydrogen) atoms. The van der Waals surface area contributed by atoms with E-state index in [0.29, 0.717) is 78.3 Å². The van der Waals surface area contributed by atoms with E-state index in [9.17, 15) is 66.3 Å². The molecular weight excluding hydrogens is 1610 g/mol. The van der Waals surface area contributed by atoms with E-state index in [4.69, 9.17) is 15.3 Å². The first-order valence-electron chi connectivity index (χ1n) is 46.6. The van der Waals surface area contributed by atoms with E-state index in [0.717, 1.165) is 37.5 Å². The third kappa shape index (κ3) is 220. The second-order valence-corrected chi connectivity index (χ2v) is 52.6. The highest BCUT2D eigenvalue weighted by Crippen LogP contribution is 2.34. The van der Waals surface area contributed by atoms with Crippen molar-refractivity contribution < 1.29 is 81.6 Å². The number of halogens is 14. The van der Waals surface area contributed by atoms with Crippen LogP contribution < -0.4 is 0 Å². The molecule has 0 aliphatic rings. The van der Waals surface area contributed by atoms with Crippen molar-refractivity contribution in [1.82, 2.24) is 4.90 Å². The van der Waals surface area contributed by atoms with Crippen molar-refractivity contribution in [2.24, 2.45) is 105 Å². The van der Waals surface area contributed by atoms with Gasteiger partial charge < -0.3 is 20.2 Å². The standard InChI is InChI=1S/C9H19NO.2C8H18.C7H13F3.C7H14F2.3C7H15F.2C7H16O.C7H16.C6H11F3.C6H12F2.C6H13F.C6H14O/c1-9(2,3)7-6-8(11)10(4)5;1-7(2)6-8(3,4)5;1-6-7(2)8(3,4)5;1-6(2,3)4-5-7(8,9)10;1-7(2,3)5-4-6(8)9;1-6(5-8)7(2,3)4;1-6(8)5-7(2,3)4;1-7(2,3)5-4-6-8;1-6(5-8)7(2,3)4;1-6(8)5-7(2,3)4;1-5-6-7(2,3)4;1-5(2,3)4-6(7,8)9;1-6(2,3)4-5(7)8;2*1-6(2,3)4-5-7/h6-7H2,1-5H3;2*7H,6H2,1-5H3;4-5H2,1-3H3;6H,4-5H2,1-3H3;2*6H,5H2,1-4H3;4-6H2,1-3H3;2*6,8H,5H2,1-4H3;5-6H2,1-4H3;4H2,1-3H3;5H,4H2,1-3H3;4-5H2,1-3H3;7H,4-5H2,1-3H3. The van der Waals surface area contributed by atoms with Crippen LogP contribution in [0.1, 0.15) is 489 Å². The molecule has 0 radical (unpaired) electrons. The van der Waals surface area contributed by atoms with Gasteiger partial charge in [0.25, 0.3) is 0 Å². The first-order valence-corrected chi connectivity index (χ1v) is 46.6. The highest BCUT2D eigenvalue weighted by molar-refractivity contribution is 5.75. The molecule has 5 nitrogen and oxygen atoms in total. The van der Waals surface area contributed by atoms with Gasteiger partial charge in [-0.15, -0.1) is 0 Å². The molecule has 0 spiro atoms. The first-order chi connectivity index (χ1) is 53.5. The van der Waals surface area contributed by atoms with Gasteiger partial charge in [0.15, 0.2) is 0 Å². The van der Waals surface area contributed by atoms with Gasteiger partial charge >= 0.3 is 12.4 Å². The van der Waals surface area contributed by atoms with E-state index in [2.05, 4.69) is 228 Å². The van der Waals surface area contributed by atoms with Crippen molar-refractivity contribution in [2.75, 3.05) is 47.3 Å². The van der Waals surface area contributed by atoms with Crippen LogP contribution in [0.25, 0.3) is 0 Å². The quantitative estimate of drug-likeness (QED) is 0.127. The molecule has 0 aromatic heterocycles. The molecule has 0 fully saturated rings. The second kappa shape index (κ2) is 74.8. The molecule has 1 amide bonds. The van der Waals surface area contributed by atoms with Crippen LogP contribution in [-0.4, -0.2) is 111 Å². The molecule has 19 heteroatoms. The molecule has 5 unspecified atom stereocenters. The third-order valence-electron chi connectivity index (χ3n) is 17.5. The molecule has 0 saturated carbocycles. The lowest BCUT2D eigenvalue weighted by atomic mass is 9.81. The van der Waals surface area contributed by atoms with Gasteiger partial charge in [-0.2, -0.15) is 26.3 Å². The molecule has 0 rings (SSSR count). The van der Waals surface area contributed by atoms with E-state index >= 15 is 0 Å². The van der Waals surface area contributed by atoms with Gasteiger partial charge in [-0.05, 0) is 189 Å². The number of amides is 1. The number of alkyl halides is 14. The van der Waals surface area contributed by atoms with Crippen molar-refractivity contribution >= 4 is 5.91 Å². The fourth-order valence-electron chi connectivity index (χ4n) is 8.87. The van der Waals surface area contributed by atoms with Gasteiger partial charge in [0.05, 0.1) is 32.3 Å². The van der Waals surface area contributed by atoms with E-state index in [1.807, 2.05) is 76.2 Å². The van der Waals surface area contributed by atoms with Crippen molar-refractivity contribution in [3.05, 3.63) is 0 Å². The predicted molar refractivity (Wildman–Crippen MR) is 526 cm³/mol. The summed E-state index contributed by atoms with van der Waals surface area (Å²) in [6.45, 7) is 111. The van der Waals surface area contributed by atoms with Crippen molar-refractivity contribution in [2.45, 2.75) is 527 Å². The average Bonchev–Trinajstić information content (AvgIpc) is 0.926. The fourth-order valence-corrected chi connectivity index (χ4v) is 8.87. The molecule has 0 aromatic carbocycles. The summed E-state index contributed by atoms with van der Waals surface area (Å²) in [7, 11) is 3.59. The van der Waals surface area contributed by atoms with Gasteiger partial charge in [0, 0.05) is 59.4 Å². The van der Waals surface area contributed by atoms with Crippen molar-refractivity contribution in [1.29, 1.82) is 0 Å². The highest BCUT2D eigenvalue weighted by atomic mass is 19.4. The Labute approximate surface area is 767 Å². The number of carbonyl (C=O) groups is 1. The molecule has 0 aliphatic carbocycles. The fraction of sp³-hybridized carbons (Fsp3) is 0.990. The SMILES string of the molecule is CC(C)(C)CC(F)(F)F.CC(C)(C)CC(F)F.CC(C)(C)CCC(F)(F)F.CC(C)(C)CCC(F)F.CC(C)(C)CCCF.CC(C)(C)CCF.CC(C)(C)CCO.CC(C)CC(C)(C)C.CC(CF)C(C)(C)C.CC(CO)C(C)(C)C.CC(F)CC(C)(C)C.CC(O)CC(C)(C)C.CCC(C)C(C)(C)C.CCCC(C)(C)C.CN(C)C(=O)CCC(C)(C)C. The summed E-state index contributed by atoms with van der Waals surface area (Å²) in [4.78, 5) is 12.8. The van der Waals surface area contributed by atoms with Gasteiger partial charge in [-0.1, -0.05) is 373 Å². The van der Waals surface area contributed by atoms with E-state index in [1.54, 1.807) is 88.2 Å². The Morgan fingerprint density at radius 1 is 0.331 bits per heavy atom. The van der Waals surface area contributed by atoms with Crippen LogP contribution in [0, 0.1) is 105 Å². The number of rotatable bonds is 17. The lowest BCUT2D eigenvalue weighted by molar-refractivity contribution is -0.152. The lowest BCUT2D eigenvalue weighted by Gasteiger charge is -2.25. The van der Waals surface area contributed by atoms with E-state index < -0.39 is 49.6 Å². The van der Waals surface area contributed by atoms with Crippen LogP contribution in [0.3, 0.4) is 0 Å². The Morgan fingerprint density at radius 3 is 0.694 bits per heavy atom. The minimum atomic E-state index is -4.02. The normalized spacial score (nSPS) is 13.7. The van der Waals surface area contributed by atoms with Gasteiger partial charge in [-0.3, -0.25) is 18.0 Å². The number of aliphatic hydroxyl groups excluding tert-OH is 3. The minimum absolute atomic E-state index is 0.00694. The Morgan fingerprint density at radius 2 is 0.645 bits per heavy atom. The van der Waals surface area contributed by atoms with Crippen molar-refractivity contribution in [3.63, 3.8) is 0 Å². The topological polar surface area (TPSA) is 81.0 Å². The number of aliphatic hydroxyl groups is 3. The summed E-state index contributed by atoms with van der Waals surface area (Å²) in [5.74, 6) is 2.50. The Hall–Kier alpha value is -1.63. The third-order valence-corrected chi connectivity index (χ3v) is 17.5. The average molecular weight is 1830 g/mol. The zero-order valence-corrected chi connectivity index (χ0v) is 93.4. The van der Waals surface area contributed by atoms with Gasteiger partial charge in [0.1, 0.15) is 0 Å². The Balaban J connectivity index is -0.0000000791. The molecule has 0 aliphatic heterocycles. The molecule has 3 N–H and O–H groups in total. The van der Waals surface area contributed by atoms with Crippen LogP contribution in [0.15, 0.2) is 0 Å². The molecule has 0 heterocycles. The van der Waals surface area contributed by atoms with Crippen LogP contribution >= 0.6 is 0 Å². The van der Waals surface area contributed by atoms with E-state index in [-0.39, 0.29) is 106 Å². The number of carbonyl (C=O) groups excluding carboxylic acids is 1. The number of nitrogens with zero attached hydrogens (tertiary/aromatic N) is 1.